The zero-order chi connectivity index (χ0) is 33.6. The number of nitrogens with zero attached hydrogens (tertiary/aromatic N) is 4. The Bertz CT molecular complexity index is 1500. The Morgan fingerprint density at radius 2 is 1.81 bits per heavy atom. The molecule has 2 aliphatic rings. The van der Waals surface area contributed by atoms with Gasteiger partial charge >= 0.3 is 0 Å². The topological polar surface area (TPSA) is 169 Å². The lowest BCUT2D eigenvalue weighted by Crippen LogP contribution is -2.49. The number of para-hydroxylation sites is 1. The smallest absolute Gasteiger partial charge is 0.222 e. The molecular formula is C35H46N4O7S. The Hall–Kier alpha value is -3.13. The monoisotopic (exact) mass is 666 g/mol. The van der Waals surface area contributed by atoms with E-state index in [0.717, 1.165) is 61.1 Å². The second-order valence-corrected chi connectivity index (χ2v) is 13.9. The molecule has 0 bridgehead atoms. The predicted molar refractivity (Wildman–Crippen MR) is 178 cm³/mol. The van der Waals surface area contributed by atoms with Crippen LogP contribution in [0.3, 0.4) is 0 Å². The molecule has 4 atom stereocenters. The number of ether oxygens (including phenoxy) is 1. The predicted octanol–water partition coefficient (Wildman–Crippen LogP) is 2.82. The molecule has 1 amide bonds. The van der Waals surface area contributed by atoms with Gasteiger partial charge in [0, 0.05) is 55.6 Å². The van der Waals surface area contributed by atoms with Crippen LogP contribution in [0.1, 0.15) is 61.8 Å². The first kappa shape index (κ1) is 35.2. The largest absolute Gasteiger partial charge is 0.490 e. The number of thioether (sulfide) groups is 1. The molecule has 2 saturated carbocycles. The number of aromatic nitrogens is 3. The first-order chi connectivity index (χ1) is 22.6. The molecule has 1 aromatic carbocycles. The molecule has 12 heteroatoms. The Morgan fingerprint density at radius 3 is 2.53 bits per heavy atom. The van der Waals surface area contributed by atoms with E-state index in [1.54, 1.807) is 0 Å². The van der Waals surface area contributed by atoms with E-state index in [0.29, 0.717) is 23.4 Å². The number of hydrogen-bond acceptors (Lipinski definition) is 11. The van der Waals surface area contributed by atoms with Gasteiger partial charge < -0.3 is 35.2 Å². The second-order valence-electron chi connectivity index (χ2n) is 12.8. The minimum atomic E-state index is -1.73. The first-order valence-electron chi connectivity index (χ1n) is 16.3. The van der Waals surface area contributed by atoms with Gasteiger partial charge in [-0.05, 0) is 86.1 Å². The summed E-state index contributed by atoms with van der Waals surface area (Å²) in [6.45, 7) is 1.05. The summed E-state index contributed by atoms with van der Waals surface area (Å²) in [7, 11) is 1.50. The van der Waals surface area contributed by atoms with E-state index in [2.05, 4.69) is 34.2 Å². The minimum Gasteiger partial charge on any atom is -0.490 e. The highest BCUT2D eigenvalue weighted by Crippen LogP contribution is 2.54. The lowest BCUT2D eigenvalue weighted by atomic mass is 9.85. The molecule has 5 rings (SSSR count). The van der Waals surface area contributed by atoms with E-state index in [4.69, 9.17) is 14.8 Å². The van der Waals surface area contributed by atoms with Crippen LogP contribution < -0.4 is 4.74 Å². The maximum atomic E-state index is 12.6. The SMILES string of the molecule is Cc1cnc(SCCCC(=O)N(C)C[C@H](O)[C@@H](O)[C@H](O)[C@H](O)CO)nc1CCC1(c2cnccc2-c2ccccc2OC2CC2)CC1. The van der Waals surface area contributed by atoms with Gasteiger partial charge in [-0.1, -0.05) is 30.0 Å². The van der Waals surface area contributed by atoms with Crippen LogP contribution in [0.25, 0.3) is 11.1 Å². The van der Waals surface area contributed by atoms with Crippen LogP contribution in [0.4, 0.5) is 0 Å². The number of rotatable bonds is 18. The van der Waals surface area contributed by atoms with Crippen LogP contribution in [0.2, 0.25) is 0 Å². The Kier molecular flexibility index (Phi) is 11.9. The van der Waals surface area contributed by atoms with Crippen LogP contribution in [0.5, 0.6) is 5.75 Å². The van der Waals surface area contributed by atoms with Crippen molar-refractivity contribution in [3.05, 3.63) is 65.7 Å². The normalized spacial score (nSPS) is 17.9. The molecule has 47 heavy (non-hydrogen) atoms. The van der Waals surface area contributed by atoms with Crippen molar-refractivity contribution in [2.24, 2.45) is 0 Å². The number of benzene rings is 1. The fourth-order valence-corrected chi connectivity index (χ4v) is 6.56. The molecule has 0 saturated heterocycles. The summed E-state index contributed by atoms with van der Waals surface area (Å²) >= 11 is 1.49. The lowest BCUT2D eigenvalue weighted by Gasteiger charge is -2.28. The summed E-state index contributed by atoms with van der Waals surface area (Å²) in [4.78, 5) is 27.8. The maximum Gasteiger partial charge on any atom is 0.222 e. The average molecular weight is 667 g/mol. The van der Waals surface area contributed by atoms with Gasteiger partial charge in [0.25, 0.3) is 0 Å². The number of aliphatic hydroxyl groups excluding tert-OH is 5. The minimum absolute atomic E-state index is 0.0493. The van der Waals surface area contributed by atoms with Gasteiger partial charge in [-0.2, -0.15) is 0 Å². The quantitative estimate of drug-likeness (QED) is 0.0769. The summed E-state index contributed by atoms with van der Waals surface area (Å²) in [5.41, 5.74) is 5.70. The van der Waals surface area contributed by atoms with E-state index in [1.165, 1.54) is 34.8 Å². The number of amides is 1. The van der Waals surface area contributed by atoms with Crippen molar-refractivity contribution in [1.29, 1.82) is 0 Å². The number of carbonyl (C=O) groups is 1. The van der Waals surface area contributed by atoms with E-state index in [9.17, 15) is 25.2 Å². The van der Waals surface area contributed by atoms with Crippen molar-refractivity contribution < 1.29 is 35.1 Å². The number of carbonyl (C=O) groups excluding carboxylic acids is 1. The van der Waals surface area contributed by atoms with Gasteiger partial charge in [-0.15, -0.1) is 0 Å². The zero-order valence-corrected chi connectivity index (χ0v) is 27.8. The van der Waals surface area contributed by atoms with Crippen LogP contribution in [0.15, 0.2) is 54.1 Å². The van der Waals surface area contributed by atoms with Gasteiger partial charge in [0.15, 0.2) is 5.16 Å². The van der Waals surface area contributed by atoms with E-state index >= 15 is 0 Å². The van der Waals surface area contributed by atoms with Gasteiger partial charge in [0.05, 0.1) is 12.7 Å². The molecule has 254 valence electrons. The fourth-order valence-electron chi connectivity index (χ4n) is 5.78. The number of aryl methyl sites for hydroxylation is 2. The van der Waals surface area contributed by atoms with Gasteiger partial charge in [0.2, 0.25) is 5.91 Å². The highest BCUT2D eigenvalue weighted by molar-refractivity contribution is 7.99. The molecule has 11 nitrogen and oxygen atoms in total. The third-order valence-electron chi connectivity index (χ3n) is 9.11. The summed E-state index contributed by atoms with van der Waals surface area (Å²) in [5, 5.41) is 49.1. The standard InChI is InChI=1S/C35H46N4O7S/c1-22-18-37-34(47-17-5-8-31(43)39(2)20-28(41)32(44)33(45)29(42)21-40)38-27(22)11-13-35(14-15-35)26-19-36-16-12-24(26)25-6-3-4-7-30(25)46-23-9-10-23/h3-4,6-7,12,16,18-19,23,28-29,32-33,40-42,44-45H,5,8-11,13-15,17,20-21H2,1-2H3/t28-,29+,32+,33+/m0/s1. The molecule has 5 N–H and O–H groups in total. The van der Waals surface area contributed by atoms with Gasteiger partial charge in [-0.3, -0.25) is 9.78 Å². The van der Waals surface area contributed by atoms with Gasteiger partial charge in [-0.25, -0.2) is 9.97 Å². The summed E-state index contributed by atoms with van der Waals surface area (Å²) in [5.74, 6) is 1.33. The molecule has 0 aliphatic heterocycles. The molecule has 2 aromatic heterocycles. The fraction of sp³-hybridized carbons (Fsp3) is 0.543. The Balaban J connectivity index is 1.13. The van der Waals surface area contributed by atoms with Crippen molar-refractivity contribution in [1.82, 2.24) is 19.9 Å². The highest BCUT2D eigenvalue weighted by atomic mass is 32.2. The van der Waals surface area contributed by atoms with Crippen LogP contribution in [-0.4, -0.2) is 108 Å². The second kappa shape index (κ2) is 15.8. The van der Waals surface area contributed by atoms with Crippen molar-refractivity contribution >= 4 is 17.7 Å². The number of hydrogen-bond donors (Lipinski definition) is 5. The molecule has 0 unspecified atom stereocenters. The molecule has 0 spiro atoms. The molecule has 2 fully saturated rings. The van der Waals surface area contributed by atoms with Crippen LogP contribution >= 0.6 is 11.8 Å². The van der Waals surface area contributed by atoms with Gasteiger partial charge in [0.1, 0.15) is 30.2 Å². The van der Waals surface area contributed by atoms with E-state index in [-0.39, 0.29) is 24.3 Å². The number of pyridine rings is 1. The molecule has 0 radical (unpaired) electrons. The average Bonchev–Trinajstić information content (AvgIpc) is 4.03. The van der Waals surface area contributed by atoms with Crippen LogP contribution in [-0.2, 0) is 16.6 Å². The Morgan fingerprint density at radius 1 is 1.06 bits per heavy atom. The summed E-state index contributed by atoms with van der Waals surface area (Å²) in [6.07, 6.45) is 6.53. The van der Waals surface area contributed by atoms with Crippen LogP contribution in [0, 0.1) is 6.92 Å². The molecular weight excluding hydrogens is 620 g/mol. The number of likely N-dealkylation sites (N-methyl/N-ethyl adjacent to an activating group) is 1. The zero-order valence-electron chi connectivity index (χ0n) is 27.0. The van der Waals surface area contributed by atoms with Crippen molar-refractivity contribution in [2.45, 2.75) is 99.4 Å². The lowest BCUT2D eigenvalue weighted by molar-refractivity contribution is -0.138. The van der Waals surface area contributed by atoms with Crippen molar-refractivity contribution in [3.8, 4) is 16.9 Å². The Labute approximate surface area is 280 Å². The van der Waals surface area contributed by atoms with E-state index in [1.807, 2.05) is 31.6 Å². The van der Waals surface area contributed by atoms with Crippen molar-refractivity contribution in [3.63, 3.8) is 0 Å². The number of aliphatic hydroxyl groups is 5. The third kappa shape index (κ3) is 9.07. The van der Waals surface area contributed by atoms with E-state index < -0.39 is 31.0 Å². The molecule has 3 aromatic rings. The molecule has 2 heterocycles. The summed E-state index contributed by atoms with van der Waals surface area (Å²) < 4.78 is 6.26. The highest BCUT2D eigenvalue weighted by Gasteiger charge is 2.45. The third-order valence-corrected chi connectivity index (χ3v) is 10.1. The van der Waals surface area contributed by atoms with Crippen molar-refractivity contribution in [2.75, 3.05) is 26.0 Å². The summed E-state index contributed by atoms with van der Waals surface area (Å²) in [6, 6.07) is 10.4. The molecule has 2 aliphatic carbocycles. The first-order valence-corrected chi connectivity index (χ1v) is 17.3. The maximum absolute atomic E-state index is 12.6.